The van der Waals surface area contributed by atoms with Crippen molar-refractivity contribution in [1.29, 1.82) is 0 Å². The average Bonchev–Trinajstić information content (AvgIpc) is 2.70. The quantitative estimate of drug-likeness (QED) is 0.834. The van der Waals surface area contributed by atoms with Crippen molar-refractivity contribution < 1.29 is 0 Å². The molecule has 1 aliphatic carbocycles. The van der Waals surface area contributed by atoms with Gasteiger partial charge >= 0.3 is 0 Å². The van der Waals surface area contributed by atoms with Crippen LogP contribution in [-0.4, -0.2) is 23.5 Å². The van der Waals surface area contributed by atoms with Gasteiger partial charge < -0.3 is 5.32 Å². The fraction of sp³-hybridized carbons (Fsp3) is 0.933. The maximum Gasteiger partial charge on any atom is 0.156 e. The molecule has 2 rings (SSSR count). The molecule has 0 aromatic rings. The van der Waals surface area contributed by atoms with Crippen molar-refractivity contribution in [3.05, 3.63) is 0 Å². The van der Waals surface area contributed by atoms with Crippen LogP contribution in [0.2, 0.25) is 0 Å². The summed E-state index contributed by atoms with van der Waals surface area (Å²) in [5.74, 6) is 1.24. The molecular weight excluding hydrogens is 240 g/mol. The minimum absolute atomic E-state index is 0.438. The summed E-state index contributed by atoms with van der Waals surface area (Å²) in [5.41, 5.74) is 0.897. The first-order valence-corrected chi connectivity index (χ1v) is 8.44. The minimum atomic E-state index is 0.438. The average molecular weight is 268 g/mol. The molecule has 0 amide bonds. The normalized spacial score (nSPS) is 30.0. The van der Waals surface area contributed by atoms with Crippen LogP contribution in [0.4, 0.5) is 0 Å². The number of aliphatic imine (C=N–C) groups is 1. The predicted octanol–water partition coefficient (Wildman–Crippen LogP) is 4.06. The highest BCUT2D eigenvalue weighted by molar-refractivity contribution is 8.13. The van der Waals surface area contributed by atoms with E-state index in [0.29, 0.717) is 16.9 Å². The van der Waals surface area contributed by atoms with E-state index in [4.69, 9.17) is 4.99 Å². The van der Waals surface area contributed by atoms with Crippen LogP contribution in [-0.2, 0) is 0 Å². The largest absolute Gasteiger partial charge is 0.362 e. The summed E-state index contributed by atoms with van der Waals surface area (Å²) in [5, 5.41) is 4.91. The number of thioether (sulfide) groups is 1. The van der Waals surface area contributed by atoms with E-state index < -0.39 is 0 Å². The van der Waals surface area contributed by atoms with Crippen LogP contribution in [0.1, 0.15) is 59.8 Å². The topological polar surface area (TPSA) is 24.4 Å². The van der Waals surface area contributed by atoms with E-state index in [2.05, 4.69) is 33.0 Å². The lowest BCUT2D eigenvalue weighted by molar-refractivity contribution is 0.305. The third kappa shape index (κ3) is 2.87. The van der Waals surface area contributed by atoms with Crippen LogP contribution in [0.3, 0.4) is 0 Å². The summed E-state index contributed by atoms with van der Waals surface area (Å²) in [7, 11) is 0. The van der Waals surface area contributed by atoms with Gasteiger partial charge in [0.2, 0.25) is 0 Å². The number of rotatable bonds is 3. The molecule has 1 heterocycles. The lowest BCUT2D eigenvalue weighted by atomic mass is 9.84. The third-order valence-corrected chi connectivity index (χ3v) is 6.41. The molecule has 1 aliphatic heterocycles. The van der Waals surface area contributed by atoms with Gasteiger partial charge in [0.1, 0.15) is 0 Å². The molecule has 0 radical (unpaired) electrons. The predicted molar refractivity (Wildman–Crippen MR) is 82.3 cm³/mol. The van der Waals surface area contributed by atoms with Crippen molar-refractivity contribution in [1.82, 2.24) is 5.32 Å². The number of amidine groups is 1. The van der Waals surface area contributed by atoms with Crippen LogP contribution in [0, 0.1) is 10.8 Å². The summed E-state index contributed by atoms with van der Waals surface area (Å²) in [4.78, 5) is 4.82. The lowest BCUT2D eigenvalue weighted by Gasteiger charge is -2.35. The highest BCUT2D eigenvalue weighted by Crippen LogP contribution is 2.39. The molecule has 18 heavy (non-hydrogen) atoms. The number of hydrogen-bond acceptors (Lipinski definition) is 3. The van der Waals surface area contributed by atoms with Gasteiger partial charge in [-0.3, -0.25) is 4.99 Å². The molecule has 1 saturated carbocycles. The zero-order valence-corrected chi connectivity index (χ0v) is 13.2. The van der Waals surface area contributed by atoms with E-state index in [1.807, 2.05) is 11.8 Å². The van der Waals surface area contributed by atoms with Gasteiger partial charge in [-0.15, -0.1) is 0 Å². The SMILES string of the molecule is CCC1(CC)CN=C(NC2CCCC2(C)C)SC1. The van der Waals surface area contributed by atoms with Crippen LogP contribution in [0.25, 0.3) is 0 Å². The molecule has 2 nitrogen and oxygen atoms in total. The van der Waals surface area contributed by atoms with Crippen molar-refractivity contribution in [2.45, 2.75) is 65.8 Å². The standard InChI is InChI=1S/C15H28N2S/c1-5-15(6-2)10-16-13(18-11-15)17-12-8-7-9-14(12,3)4/h12H,5-11H2,1-4H3,(H,16,17). The van der Waals surface area contributed by atoms with E-state index in [0.717, 1.165) is 6.54 Å². The van der Waals surface area contributed by atoms with Crippen LogP contribution < -0.4 is 5.32 Å². The zero-order chi connectivity index (χ0) is 13.2. The second-order valence-electron chi connectivity index (χ2n) is 6.69. The summed E-state index contributed by atoms with van der Waals surface area (Å²) >= 11 is 1.95. The van der Waals surface area contributed by atoms with Gasteiger partial charge in [0, 0.05) is 18.3 Å². The summed E-state index contributed by atoms with van der Waals surface area (Å²) in [6, 6.07) is 0.625. The molecule has 0 saturated heterocycles. The molecule has 104 valence electrons. The van der Waals surface area contributed by atoms with Crippen molar-refractivity contribution in [3.8, 4) is 0 Å². The Labute approximate surface area is 116 Å². The maximum atomic E-state index is 4.82. The Kier molecular flexibility index (Phi) is 4.30. The highest BCUT2D eigenvalue weighted by Gasteiger charge is 2.36. The minimum Gasteiger partial charge on any atom is -0.362 e. The zero-order valence-electron chi connectivity index (χ0n) is 12.4. The van der Waals surface area contributed by atoms with E-state index >= 15 is 0 Å². The van der Waals surface area contributed by atoms with E-state index in [1.54, 1.807) is 0 Å². The summed E-state index contributed by atoms with van der Waals surface area (Å²) < 4.78 is 0. The first-order chi connectivity index (χ1) is 8.51. The molecule has 3 heteroatoms. The van der Waals surface area contributed by atoms with Gasteiger partial charge in [0.25, 0.3) is 0 Å². The Hall–Kier alpha value is -0.180. The van der Waals surface area contributed by atoms with Crippen LogP contribution in [0.15, 0.2) is 4.99 Å². The van der Waals surface area contributed by atoms with Crippen molar-refractivity contribution in [2.75, 3.05) is 12.3 Å². The lowest BCUT2D eigenvalue weighted by Crippen LogP contribution is -2.43. The number of nitrogens with zero attached hydrogens (tertiary/aromatic N) is 1. The van der Waals surface area contributed by atoms with Gasteiger partial charge in [-0.05, 0) is 36.5 Å². The molecule has 1 atom stereocenters. The summed E-state index contributed by atoms with van der Waals surface area (Å²) in [6.07, 6.45) is 6.51. The maximum absolute atomic E-state index is 4.82. The Balaban J connectivity index is 1.94. The van der Waals surface area contributed by atoms with Crippen LogP contribution >= 0.6 is 11.8 Å². The molecule has 0 bridgehead atoms. The van der Waals surface area contributed by atoms with Crippen LogP contribution in [0.5, 0.6) is 0 Å². The van der Waals surface area contributed by atoms with Gasteiger partial charge in [-0.1, -0.05) is 45.9 Å². The Morgan fingerprint density at radius 1 is 1.33 bits per heavy atom. The first kappa shape index (κ1) is 14.2. The highest BCUT2D eigenvalue weighted by atomic mass is 32.2. The fourth-order valence-electron chi connectivity index (χ4n) is 3.06. The molecular formula is C15H28N2S. The first-order valence-electron chi connectivity index (χ1n) is 7.45. The van der Waals surface area contributed by atoms with Gasteiger partial charge in [-0.25, -0.2) is 0 Å². The fourth-order valence-corrected chi connectivity index (χ4v) is 4.38. The van der Waals surface area contributed by atoms with E-state index in [9.17, 15) is 0 Å². The molecule has 0 aromatic carbocycles. The molecule has 1 fully saturated rings. The van der Waals surface area contributed by atoms with E-state index in [1.165, 1.54) is 43.0 Å². The van der Waals surface area contributed by atoms with E-state index in [-0.39, 0.29) is 0 Å². The second kappa shape index (κ2) is 5.44. The van der Waals surface area contributed by atoms with Crippen molar-refractivity contribution in [3.63, 3.8) is 0 Å². The second-order valence-corrected chi connectivity index (χ2v) is 7.66. The molecule has 0 spiro atoms. The molecule has 0 aromatic heterocycles. The molecule has 1 unspecified atom stereocenters. The van der Waals surface area contributed by atoms with Crippen molar-refractivity contribution in [2.24, 2.45) is 15.8 Å². The smallest absolute Gasteiger partial charge is 0.156 e. The monoisotopic (exact) mass is 268 g/mol. The number of nitrogens with one attached hydrogen (secondary N) is 1. The van der Waals surface area contributed by atoms with Crippen molar-refractivity contribution >= 4 is 16.9 Å². The number of hydrogen-bond donors (Lipinski definition) is 1. The van der Waals surface area contributed by atoms with Gasteiger partial charge in [0.05, 0.1) is 0 Å². The summed E-state index contributed by atoms with van der Waals surface area (Å²) in [6.45, 7) is 10.4. The van der Waals surface area contributed by atoms with Gasteiger partial charge in [-0.2, -0.15) is 0 Å². The molecule has 2 aliphatic rings. The Morgan fingerprint density at radius 3 is 2.50 bits per heavy atom. The third-order valence-electron chi connectivity index (χ3n) is 5.13. The Morgan fingerprint density at radius 2 is 2.06 bits per heavy atom. The van der Waals surface area contributed by atoms with Gasteiger partial charge in [0.15, 0.2) is 5.17 Å². The Bertz CT molecular complexity index is 318. The molecule has 1 N–H and O–H groups in total.